The fourth-order valence-corrected chi connectivity index (χ4v) is 1.21. The van der Waals surface area contributed by atoms with Crippen molar-refractivity contribution >= 4 is 5.78 Å². The molecule has 0 radical (unpaired) electrons. The summed E-state index contributed by atoms with van der Waals surface area (Å²) in [6.45, 7) is -1.38. The molecular formula is C11H9F2NO2. The lowest BCUT2D eigenvalue weighted by molar-refractivity contribution is -0.0501. The van der Waals surface area contributed by atoms with Crippen molar-refractivity contribution in [3.8, 4) is 11.8 Å². The van der Waals surface area contributed by atoms with Crippen molar-refractivity contribution < 1.29 is 18.3 Å². The Bertz CT molecular complexity index is 438. The van der Waals surface area contributed by atoms with Crippen LogP contribution < -0.4 is 4.74 Å². The Morgan fingerprint density at radius 1 is 1.56 bits per heavy atom. The van der Waals surface area contributed by atoms with E-state index in [1.54, 1.807) is 6.92 Å². The average molecular weight is 225 g/mol. The fraction of sp³-hybridized carbons (Fsp3) is 0.273. The number of rotatable bonds is 4. The SMILES string of the molecule is CCC(=O)c1cc(C#N)ccc1OC(F)F. The predicted octanol–water partition coefficient (Wildman–Crippen LogP) is 2.75. The molecule has 0 unspecified atom stereocenters. The maximum atomic E-state index is 12.1. The van der Waals surface area contributed by atoms with Gasteiger partial charge in [-0.1, -0.05) is 6.92 Å². The van der Waals surface area contributed by atoms with E-state index < -0.39 is 6.61 Å². The van der Waals surface area contributed by atoms with Gasteiger partial charge in [-0.2, -0.15) is 14.0 Å². The van der Waals surface area contributed by atoms with Gasteiger partial charge >= 0.3 is 6.61 Å². The zero-order chi connectivity index (χ0) is 12.1. The molecule has 0 atom stereocenters. The Morgan fingerprint density at radius 3 is 2.75 bits per heavy atom. The number of nitriles is 1. The maximum Gasteiger partial charge on any atom is 0.387 e. The summed E-state index contributed by atoms with van der Waals surface area (Å²) >= 11 is 0. The molecule has 0 saturated carbocycles. The van der Waals surface area contributed by atoms with Gasteiger partial charge in [0.1, 0.15) is 5.75 Å². The third-order valence-electron chi connectivity index (χ3n) is 1.95. The van der Waals surface area contributed by atoms with Gasteiger partial charge in [0.25, 0.3) is 0 Å². The summed E-state index contributed by atoms with van der Waals surface area (Å²) < 4.78 is 28.3. The molecular weight excluding hydrogens is 216 g/mol. The van der Waals surface area contributed by atoms with E-state index in [1.807, 2.05) is 6.07 Å². The molecule has 0 N–H and O–H groups in total. The number of benzene rings is 1. The van der Waals surface area contributed by atoms with Crippen LogP contribution in [0.1, 0.15) is 29.3 Å². The molecule has 0 heterocycles. The van der Waals surface area contributed by atoms with Crippen LogP contribution in [0.15, 0.2) is 18.2 Å². The number of Topliss-reactive ketones (excluding diaryl/α,β-unsaturated/α-hetero) is 1. The summed E-state index contributed by atoms with van der Waals surface area (Å²) in [4.78, 5) is 11.4. The molecule has 0 aliphatic rings. The molecule has 0 saturated heterocycles. The molecule has 1 aromatic rings. The standard InChI is InChI=1S/C11H9F2NO2/c1-2-9(15)8-5-7(6-14)3-4-10(8)16-11(12)13/h3-5,11H,2H2,1H3. The van der Waals surface area contributed by atoms with E-state index in [2.05, 4.69) is 4.74 Å². The van der Waals surface area contributed by atoms with Crippen LogP contribution in [-0.2, 0) is 0 Å². The smallest absolute Gasteiger partial charge is 0.387 e. The first-order valence-electron chi connectivity index (χ1n) is 4.60. The van der Waals surface area contributed by atoms with E-state index in [0.717, 1.165) is 0 Å². The van der Waals surface area contributed by atoms with Gasteiger partial charge in [0, 0.05) is 6.42 Å². The Morgan fingerprint density at radius 2 is 2.25 bits per heavy atom. The highest BCUT2D eigenvalue weighted by Gasteiger charge is 2.15. The van der Waals surface area contributed by atoms with Crippen LogP contribution in [0.4, 0.5) is 8.78 Å². The second kappa shape index (κ2) is 5.21. The van der Waals surface area contributed by atoms with Gasteiger partial charge in [-0.15, -0.1) is 0 Å². The summed E-state index contributed by atoms with van der Waals surface area (Å²) in [6, 6.07) is 5.61. The average Bonchev–Trinajstić information content (AvgIpc) is 2.28. The van der Waals surface area contributed by atoms with Crippen LogP contribution in [-0.4, -0.2) is 12.4 Å². The second-order valence-corrected chi connectivity index (χ2v) is 2.98. The van der Waals surface area contributed by atoms with Crippen molar-refractivity contribution in [3.05, 3.63) is 29.3 Å². The summed E-state index contributed by atoms with van der Waals surface area (Å²) in [5, 5.41) is 8.64. The largest absolute Gasteiger partial charge is 0.434 e. The Hall–Kier alpha value is -1.96. The van der Waals surface area contributed by atoms with E-state index in [0.29, 0.717) is 0 Å². The van der Waals surface area contributed by atoms with Crippen LogP contribution in [0.2, 0.25) is 0 Å². The van der Waals surface area contributed by atoms with E-state index in [4.69, 9.17) is 5.26 Å². The Kier molecular flexibility index (Phi) is 3.95. The molecule has 0 fully saturated rings. The van der Waals surface area contributed by atoms with Crippen molar-refractivity contribution in [3.63, 3.8) is 0 Å². The highest BCUT2D eigenvalue weighted by molar-refractivity contribution is 5.98. The molecule has 5 heteroatoms. The van der Waals surface area contributed by atoms with Crippen molar-refractivity contribution in [2.75, 3.05) is 0 Å². The van der Waals surface area contributed by atoms with E-state index in [-0.39, 0.29) is 29.1 Å². The van der Waals surface area contributed by atoms with Crippen LogP contribution in [0.25, 0.3) is 0 Å². The lowest BCUT2D eigenvalue weighted by Crippen LogP contribution is -2.07. The molecule has 16 heavy (non-hydrogen) atoms. The van der Waals surface area contributed by atoms with Crippen molar-refractivity contribution in [1.29, 1.82) is 5.26 Å². The molecule has 1 aromatic carbocycles. The number of carbonyl (C=O) groups is 1. The number of hydrogen-bond acceptors (Lipinski definition) is 3. The Balaban J connectivity index is 3.17. The topological polar surface area (TPSA) is 50.1 Å². The number of alkyl halides is 2. The molecule has 0 spiro atoms. The number of hydrogen-bond donors (Lipinski definition) is 0. The first kappa shape index (κ1) is 12.1. The normalized spacial score (nSPS) is 9.94. The van der Waals surface area contributed by atoms with Crippen LogP contribution in [0.3, 0.4) is 0 Å². The van der Waals surface area contributed by atoms with Crippen molar-refractivity contribution in [2.24, 2.45) is 0 Å². The summed E-state index contributed by atoms with van der Waals surface area (Å²) in [7, 11) is 0. The van der Waals surface area contributed by atoms with Crippen molar-refractivity contribution in [2.45, 2.75) is 20.0 Å². The minimum atomic E-state index is -2.99. The second-order valence-electron chi connectivity index (χ2n) is 2.98. The minimum Gasteiger partial charge on any atom is -0.434 e. The molecule has 1 rings (SSSR count). The van der Waals surface area contributed by atoms with Crippen molar-refractivity contribution in [1.82, 2.24) is 0 Å². The highest BCUT2D eigenvalue weighted by Crippen LogP contribution is 2.23. The van der Waals surface area contributed by atoms with Gasteiger partial charge in [-0.05, 0) is 18.2 Å². The van der Waals surface area contributed by atoms with Gasteiger partial charge in [0.15, 0.2) is 5.78 Å². The molecule has 3 nitrogen and oxygen atoms in total. The van der Waals surface area contributed by atoms with Gasteiger partial charge in [0.2, 0.25) is 0 Å². The first-order chi connectivity index (χ1) is 7.58. The zero-order valence-corrected chi connectivity index (χ0v) is 8.54. The van der Waals surface area contributed by atoms with E-state index >= 15 is 0 Å². The van der Waals surface area contributed by atoms with Gasteiger partial charge in [-0.3, -0.25) is 4.79 Å². The molecule has 0 aliphatic heterocycles. The van der Waals surface area contributed by atoms with Gasteiger partial charge in [0.05, 0.1) is 17.2 Å². The third kappa shape index (κ3) is 2.76. The number of ether oxygens (including phenoxy) is 1. The molecule has 0 amide bonds. The van der Waals surface area contributed by atoms with Crippen LogP contribution in [0.5, 0.6) is 5.75 Å². The summed E-state index contributed by atoms with van der Waals surface area (Å²) in [6.07, 6.45) is 0.161. The summed E-state index contributed by atoms with van der Waals surface area (Å²) in [5.41, 5.74) is 0.250. The third-order valence-corrected chi connectivity index (χ3v) is 1.95. The zero-order valence-electron chi connectivity index (χ0n) is 8.54. The molecule has 0 aliphatic carbocycles. The number of nitrogens with zero attached hydrogens (tertiary/aromatic N) is 1. The highest BCUT2D eigenvalue weighted by atomic mass is 19.3. The predicted molar refractivity (Wildman–Crippen MR) is 52.4 cm³/mol. The van der Waals surface area contributed by atoms with E-state index in [1.165, 1.54) is 18.2 Å². The fourth-order valence-electron chi connectivity index (χ4n) is 1.21. The number of ketones is 1. The number of halogens is 2. The summed E-state index contributed by atoms with van der Waals surface area (Å²) in [5.74, 6) is -0.534. The lowest BCUT2D eigenvalue weighted by atomic mass is 10.0. The van der Waals surface area contributed by atoms with Crippen LogP contribution >= 0.6 is 0 Å². The van der Waals surface area contributed by atoms with Gasteiger partial charge < -0.3 is 4.74 Å². The molecule has 0 bridgehead atoms. The molecule has 0 aromatic heterocycles. The Labute approximate surface area is 91.3 Å². The maximum absolute atomic E-state index is 12.1. The first-order valence-corrected chi connectivity index (χ1v) is 4.60. The quantitative estimate of drug-likeness (QED) is 0.740. The monoisotopic (exact) mass is 225 g/mol. The molecule has 84 valence electrons. The lowest BCUT2D eigenvalue weighted by Gasteiger charge is -2.09. The number of carbonyl (C=O) groups excluding carboxylic acids is 1. The minimum absolute atomic E-state index is 0.0156. The van der Waals surface area contributed by atoms with E-state index in [9.17, 15) is 13.6 Å². The van der Waals surface area contributed by atoms with Crippen LogP contribution in [0, 0.1) is 11.3 Å². The van der Waals surface area contributed by atoms with Gasteiger partial charge in [-0.25, -0.2) is 0 Å².